The van der Waals surface area contributed by atoms with Crippen molar-refractivity contribution in [3.63, 3.8) is 0 Å². The Morgan fingerprint density at radius 1 is 1.40 bits per heavy atom. The Balaban J connectivity index is 2.68. The molecule has 0 aromatic heterocycles. The van der Waals surface area contributed by atoms with Crippen LogP contribution < -0.4 is 0 Å². The third-order valence-electron chi connectivity index (χ3n) is 3.16. The molecule has 1 amide bonds. The van der Waals surface area contributed by atoms with Gasteiger partial charge in [-0.05, 0) is 41.0 Å². The van der Waals surface area contributed by atoms with Gasteiger partial charge in [-0.15, -0.1) is 0 Å². The third kappa shape index (κ3) is 5.00. The lowest BCUT2D eigenvalue weighted by Gasteiger charge is -2.34. The van der Waals surface area contributed by atoms with E-state index in [1.54, 1.807) is 4.90 Å². The van der Waals surface area contributed by atoms with Crippen molar-refractivity contribution in [2.24, 2.45) is 0 Å². The fraction of sp³-hybridized carbons (Fsp3) is 0.857. The summed E-state index contributed by atoms with van der Waals surface area (Å²) >= 11 is 0. The number of aliphatic carboxylic acids is 1. The third-order valence-corrected chi connectivity index (χ3v) is 3.16. The van der Waals surface area contributed by atoms with Crippen molar-refractivity contribution in [1.82, 2.24) is 9.80 Å². The Hall–Kier alpha value is -1.30. The lowest BCUT2D eigenvalue weighted by molar-refractivity contribution is -0.138. The molecule has 1 rings (SSSR count). The van der Waals surface area contributed by atoms with Crippen LogP contribution in [0.25, 0.3) is 0 Å². The van der Waals surface area contributed by atoms with Crippen LogP contribution in [0.3, 0.4) is 0 Å². The van der Waals surface area contributed by atoms with Crippen molar-refractivity contribution in [2.45, 2.75) is 58.7 Å². The first-order valence-corrected chi connectivity index (χ1v) is 7.05. The fourth-order valence-corrected chi connectivity index (χ4v) is 2.47. The second-order valence-electron chi connectivity index (χ2n) is 6.55. The molecular formula is C14H26N2O4. The summed E-state index contributed by atoms with van der Waals surface area (Å²) < 4.78 is 5.44. The average Bonchev–Trinajstić information content (AvgIpc) is 2.61. The molecule has 1 fully saturated rings. The van der Waals surface area contributed by atoms with Crippen molar-refractivity contribution >= 4 is 12.1 Å². The molecule has 1 N–H and O–H groups in total. The summed E-state index contributed by atoms with van der Waals surface area (Å²) in [7, 11) is 0. The molecule has 0 aromatic rings. The zero-order valence-corrected chi connectivity index (χ0v) is 13.0. The van der Waals surface area contributed by atoms with Crippen LogP contribution >= 0.6 is 0 Å². The standard InChI is InChI=1S/C14H26N2O4/c1-10(2)16(13(19)20-14(3,4)5)11-6-7-15(8-11)9-12(17)18/h10-11H,6-9H2,1-5H3,(H,17,18). The van der Waals surface area contributed by atoms with Crippen molar-refractivity contribution < 1.29 is 19.4 Å². The molecule has 1 unspecified atom stereocenters. The van der Waals surface area contributed by atoms with Crippen LogP contribution in [0.2, 0.25) is 0 Å². The number of amides is 1. The smallest absolute Gasteiger partial charge is 0.410 e. The number of nitrogens with zero attached hydrogens (tertiary/aromatic N) is 2. The summed E-state index contributed by atoms with van der Waals surface area (Å²) in [4.78, 5) is 26.6. The van der Waals surface area contributed by atoms with E-state index in [-0.39, 0.29) is 24.7 Å². The Bertz CT molecular complexity index is 363. The Morgan fingerprint density at radius 2 is 2.00 bits per heavy atom. The topological polar surface area (TPSA) is 70.1 Å². The summed E-state index contributed by atoms with van der Waals surface area (Å²) in [5.74, 6) is -0.834. The molecule has 1 heterocycles. The van der Waals surface area contributed by atoms with Gasteiger partial charge in [-0.3, -0.25) is 9.69 Å². The van der Waals surface area contributed by atoms with Crippen LogP contribution in [0.1, 0.15) is 41.0 Å². The molecule has 1 aliphatic heterocycles. The molecule has 0 spiro atoms. The molecule has 116 valence electrons. The minimum absolute atomic E-state index is 0.0178. The first kappa shape index (κ1) is 16.8. The highest BCUT2D eigenvalue weighted by molar-refractivity contribution is 5.70. The van der Waals surface area contributed by atoms with Gasteiger partial charge in [0.2, 0.25) is 0 Å². The monoisotopic (exact) mass is 286 g/mol. The van der Waals surface area contributed by atoms with Crippen LogP contribution in [0.15, 0.2) is 0 Å². The summed E-state index contributed by atoms with van der Waals surface area (Å²) in [6.45, 7) is 10.7. The zero-order chi connectivity index (χ0) is 15.5. The van der Waals surface area contributed by atoms with Gasteiger partial charge in [-0.2, -0.15) is 0 Å². The van der Waals surface area contributed by atoms with Gasteiger partial charge in [0, 0.05) is 25.2 Å². The number of rotatable bonds is 4. The number of likely N-dealkylation sites (tertiary alicyclic amines) is 1. The van der Waals surface area contributed by atoms with Gasteiger partial charge in [0.05, 0.1) is 6.54 Å². The lowest BCUT2D eigenvalue weighted by atomic mass is 10.2. The van der Waals surface area contributed by atoms with Crippen molar-refractivity contribution in [3.8, 4) is 0 Å². The van der Waals surface area contributed by atoms with E-state index in [0.29, 0.717) is 13.1 Å². The summed E-state index contributed by atoms with van der Waals surface area (Å²) in [6, 6.07) is 0.0452. The van der Waals surface area contributed by atoms with Crippen LogP contribution in [-0.2, 0) is 9.53 Å². The molecule has 20 heavy (non-hydrogen) atoms. The van der Waals surface area contributed by atoms with Gasteiger partial charge < -0.3 is 14.7 Å². The largest absolute Gasteiger partial charge is 0.480 e. The zero-order valence-electron chi connectivity index (χ0n) is 13.0. The Kier molecular flexibility index (Phi) is 5.39. The van der Waals surface area contributed by atoms with Crippen molar-refractivity contribution in [3.05, 3.63) is 0 Å². The van der Waals surface area contributed by atoms with Gasteiger partial charge >= 0.3 is 12.1 Å². The van der Waals surface area contributed by atoms with Crippen molar-refractivity contribution in [2.75, 3.05) is 19.6 Å². The highest BCUT2D eigenvalue weighted by Gasteiger charge is 2.35. The Morgan fingerprint density at radius 3 is 2.45 bits per heavy atom. The highest BCUT2D eigenvalue weighted by atomic mass is 16.6. The van der Waals surface area contributed by atoms with Gasteiger partial charge in [0.25, 0.3) is 0 Å². The quantitative estimate of drug-likeness (QED) is 0.853. The first-order chi connectivity index (χ1) is 9.10. The first-order valence-electron chi connectivity index (χ1n) is 7.05. The van der Waals surface area contributed by atoms with E-state index in [0.717, 1.165) is 6.42 Å². The van der Waals surface area contributed by atoms with E-state index >= 15 is 0 Å². The average molecular weight is 286 g/mol. The van der Waals surface area contributed by atoms with E-state index in [9.17, 15) is 9.59 Å². The fourth-order valence-electron chi connectivity index (χ4n) is 2.47. The molecule has 0 saturated carbocycles. The minimum Gasteiger partial charge on any atom is -0.480 e. The number of carboxylic acids is 1. The van der Waals surface area contributed by atoms with Gasteiger partial charge in [-0.25, -0.2) is 4.79 Å². The molecule has 0 radical (unpaired) electrons. The number of carbonyl (C=O) groups excluding carboxylic acids is 1. The molecule has 0 aliphatic carbocycles. The molecule has 0 aromatic carbocycles. The molecule has 0 bridgehead atoms. The van der Waals surface area contributed by atoms with E-state index in [4.69, 9.17) is 9.84 Å². The maximum atomic E-state index is 12.3. The maximum Gasteiger partial charge on any atom is 0.410 e. The van der Waals surface area contributed by atoms with E-state index in [1.807, 2.05) is 39.5 Å². The Labute approximate surface area is 120 Å². The van der Waals surface area contributed by atoms with E-state index in [2.05, 4.69) is 0 Å². The molecular weight excluding hydrogens is 260 g/mol. The predicted octanol–water partition coefficient (Wildman–Crippen LogP) is 1.79. The normalized spacial score (nSPS) is 20.2. The van der Waals surface area contributed by atoms with Gasteiger partial charge in [0.15, 0.2) is 0 Å². The molecule has 1 aliphatic rings. The van der Waals surface area contributed by atoms with Gasteiger partial charge in [0.1, 0.15) is 5.60 Å². The van der Waals surface area contributed by atoms with Crippen LogP contribution in [0.5, 0.6) is 0 Å². The maximum absolute atomic E-state index is 12.3. The molecule has 6 nitrogen and oxygen atoms in total. The van der Waals surface area contributed by atoms with Gasteiger partial charge in [-0.1, -0.05) is 0 Å². The predicted molar refractivity (Wildman–Crippen MR) is 75.7 cm³/mol. The summed E-state index contributed by atoms with van der Waals surface area (Å²) in [5, 5.41) is 8.82. The SMILES string of the molecule is CC(C)N(C(=O)OC(C)(C)C)C1CCN(CC(=O)O)C1. The van der Waals surface area contributed by atoms with Crippen LogP contribution in [0, 0.1) is 0 Å². The number of carboxylic acid groups (broad SMARTS) is 1. The second-order valence-corrected chi connectivity index (χ2v) is 6.55. The van der Waals surface area contributed by atoms with E-state index < -0.39 is 11.6 Å². The van der Waals surface area contributed by atoms with Crippen LogP contribution in [0.4, 0.5) is 4.79 Å². The summed E-state index contributed by atoms with van der Waals surface area (Å²) in [6.07, 6.45) is 0.458. The minimum atomic E-state index is -0.834. The highest BCUT2D eigenvalue weighted by Crippen LogP contribution is 2.21. The number of carbonyl (C=O) groups is 2. The number of hydrogen-bond donors (Lipinski definition) is 1. The second kappa shape index (κ2) is 6.43. The lowest BCUT2D eigenvalue weighted by Crippen LogP contribution is -2.48. The molecule has 1 saturated heterocycles. The van der Waals surface area contributed by atoms with Crippen molar-refractivity contribution in [1.29, 1.82) is 0 Å². The number of ether oxygens (including phenoxy) is 1. The summed E-state index contributed by atoms with van der Waals surface area (Å²) in [5.41, 5.74) is -0.524. The number of hydrogen-bond acceptors (Lipinski definition) is 4. The van der Waals surface area contributed by atoms with Crippen LogP contribution in [-0.4, -0.2) is 64.3 Å². The molecule has 6 heteroatoms. The van der Waals surface area contributed by atoms with E-state index in [1.165, 1.54) is 0 Å². The molecule has 1 atom stereocenters.